The van der Waals surface area contributed by atoms with Crippen molar-refractivity contribution in [1.82, 2.24) is 10.1 Å². The number of hydrogen-bond acceptors (Lipinski definition) is 7. The fourth-order valence-electron chi connectivity index (χ4n) is 4.29. The molecule has 0 aliphatic carbocycles. The topological polar surface area (TPSA) is 119 Å². The predicted molar refractivity (Wildman–Crippen MR) is 152 cm³/mol. The first-order valence-corrected chi connectivity index (χ1v) is 13.3. The lowest BCUT2D eigenvalue weighted by atomic mass is 9.95. The van der Waals surface area contributed by atoms with Gasteiger partial charge in [0.2, 0.25) is 0 Å². The fraction of sp³-hybridized carbons (Fsp3) is 0.233. The molecule has 0 bridgehead atoms. The number of nitrogens with zero attached hydrogens (tertiary/aromatic N) is 2. The molecule has 1 saturated heterocycles. The first kappa shape index (κ1) is 30.6. The summed E-state index contributed by atoms with van der Waals surface area (Å²) in [4.78, 5) is 25.0. The lowest BCUT2D eigenvalue weighted by molar-refractivity contribution is -0.192. The number of hydrogen-bond donors (Lipinski definition) is 2. The van der Waals surface area contributed by atoms with Gasteiger partial charge in [-0.15, -0.1) is 0 Å². The van der Waals surface area contributed by atoms with Gasteiger partial charge in [-0.05, 0) is 67.6 Å². The Hall–Kier alpha value is -4.35. The van der Waals surface area contributed by atoms with Gasteiger partial charge in [0.1, 0.15) is 17.5 Å². The highest BCUT2D eigenvalue weighted by Crippen LogP contribution is 2.37. The zero-order valence-corrected chi connectivity index (χ0v) is 23.2. The van der Waals surface area contributed by atoms with E-state index < -0.39 is 12.1 Å². The zero-order chi connectivity index (χ0) is 30.4. The van der Waals surface area contributed by atoms with Gasteiger partial charge in [-0.1, -0.05) is 41.9 Å². The van der Waals surface area contributed by atoms with Crippen LogP contribution < -0.4 is 10.5 Å². The van der Waals surface area contributed by atoms with Crippen LogP contribution >= 0.6 is 11.6 Å². The van der Waals surface area contributed by atoms with Gasteiger partial charge < -0.3 is 20.1 Å². The Morgan fingerprint density at radius 1 is 1.07 bits per heavy atom. The van der Waals surface area contributed by atoms with Crippen molar-refractivity contribution in [2.45, 2.75) is 25.6 Å². The van der Waals surface area contributed by atoms with Crippen molar-refractivity contribution in [3.63, 3.8) is 0 Å². The van der Waals surface area contributed by atoms with E-state index in [1.54, 1.807) is 42.5 Å². The molecule has 42 heavy (non-hydrogen) atoms. The van der Waals surface area contributed by atoms with Gasteiger partial charge in [0.05, 0.1) is 10.6 Å². The maximum Gasteiger partial charge on any atom is 0.490 e. The zero-order valence-electron chi connectivity index (χ0n) is 22.4. The number of alkyl halides is 3. The molecular formula is C30H27ClF3N3O5. The molecule has 0 amide bonds. The van der Waals surface area contributed by atoms with Crippen LogP contribution in [0.4, 0.5) is 18.9 Å². The van der Waals surface area contributed by atoms with Crippen LogP contribution in [0.25, 0.3) is 22.6 Å². The number of carbonyl (C=O) groups is 2. The molecule has 5 rings (SSSR count). The number of aliphatic carboxylic acids is 1. The first-order valence-electron chi connectivity index (χ1n) is 12.9. The highest BCUT2D eigenvalue weighted by atomic mass is 35.5. The molecule has 1 fully saturated rings. The van der Waals surface area contributed by atoms with Crippen LogP contribution in [0.5, 0.6) is 5.75 Å². The molecular weight excluding hydrogens is 575 g/mol. The summed E-state index contributed by atoms with van der Waals surface area (Å²) in [7, 11) is 0. The maximum atomic E-state index is 13.8. The Bertz CT molecular complexity index is 1530. The SMILES string of the molecule is CCCN1CC(Oc2ccc(C(=O)c3c(-c4ccccc4Cl)noc3-c3ccc(N)cc3)cc2)C1.O=C(O)C(F)(F)F. The van der Waals surface area contributed by atoms with E-state index in [9.17, 15) is 18.0 Å². The van der Waals surface area contributed by atoms with Crippen LogP contribution in [-0.2, 0) is 4.79 Å². The summed E-state index contributed by atoms with van der Waals surface area (Å²) in [6.45, 7) is 5.13. The van der Waals surface area contributed by atoms with Gasteiger partial charge in [-0.2, -0.15) is 13.2 Å². The van der Waals surface area contributed by atoms with E-state index in [2.05, 4.69) is 17.0 Å². The maximum absolute atomic E-state index is 13.8. The van der Waals surface area contributed by atoms with E-state index >= 15 is 0 Å². The minimum atomic E-state index is -5.08. The van der Waals surface area contributed by atoms with Crippen LogP contribution in [0.15, 0.2) is 77.3 Å². The molecule has 0 unspecified atom stereocenters. The van der Waals surface area contributed by atoms with Crippen LogP contribution in [0.1, 0.15) is 29.3 Å². The first-order chi connectivity index (χ1) is 20.0. The van der Waals surface area contributed by atoms with Crippen LogP contribution in [0.2, 0.25) is 5.02 Å². The van der Waals surface area contributed by atoms with Crippen molar-refractivity contribution in [3.8, 4) is 28.3 Å². The number of benzene rings is 3. The van der Waals surface area contributed by atoms with E-state index in [0.717, 1.165) is 31.8 Å². The van der Waals surface area contributed by atoms with Gasteiger partial charge in [0, 0.05) is 35.5 Å². The molecule has 0 saturated carbocycles. The van der Waals surface area contributed by atoms with Gasteiger partial charge >= 0.3 is 12.1 Å². The smallest absolute Gasteiger partial charge is 0.488 e. The summed E-state index contributed by atoms with van der Waals surface area (Å²) in [5.41, 5.74) is 9.06. The molecule has 4 aromatic rings. The number of likely N-dealkylation sites (tertiary alicyclic amines) is 1. The Morgan fingerprint density at radius 3 is 2.26 bits per heavy atom. The number of anilines is 1. The van der Waals surface area contributed by atoms with Gasteiger partial charge in [-0.3, -0.25) is 9.69 Å². The van der Waals surface area contributed by atoms with Crippen LogP contribution in [-0.4, -0.2) is 58.8 Å². The average molecular weight is 602 g/mol. The number of carbonyl (C=O) groups excluding carboxylic acids is 1. The van der Waals surface area contributed by atoms with Crippen LogP contribution in [0, 0.1) is 0 Å². The molecule has 0 spiro atoms. The van der Waals surface area contributed by atoms with E-state index in [4.69, 9.17) is 36.5 Å². The monoisotopic (exact) mass is 601 g/mol. The largest absolute Gasteiger partial charge is 0.490 e. The van der Waals surface area contributed by atoms with Crippen molar-refractivity contribution in [2.75, 3.05) is 25.4 Å². The Labute approximate surface area is 244 Å². The third kappa shape index (κ3) is 7.29. The van der Waals surface area contributed by atoms with E-state index in [0.29, 0.717) is 44.4 Å². The standard InChI is InChI=1S/C28H26ClN3O3.C2HF3O2/c1-2-15-32-16-22(17-32)34-21-13-9-18(10-14-21)27(33)25-26(23-5-3-4-6-24(23)29)31-35-28(25)19-7-11-20(30)12-8-19;3-2(4,5)1(6)7/h3-14,22H,2,15-17,30H2,1H3;(H,6,7). The highest BCUT2D eigenvalue weighted by Gasteiger charge is 2.38. The molecule has 8 nitrogen and oxygen atoms in total. The second-order valence-corrected chi connectivity index (χ2v) is 9.90. The third-order valence-corrected chi connectivity index (χ3v) is 6.68. The Kier molecular flexibility index (Phi) is 9.54. The van der Waals surface area contributed by atoms with Crippen molar-refractivity contribution in [3.05, 3.63) is 88.9 Å². The average Bonchev–Trinajstić information content (AvgIpc) is 3.37. The molecule has 1 aliphatic rings. The number of rotatable bonds is 8. The minimum absolute atomic E-state index is 0.185. The number of nitrogen functional groups attached to an aromatic ring is 1. The number of carboxylic acid groups (broad SMARTS) is 1. The number of aromatic nitrogens is 1. The Morgan fingerprint density at radius 2 is 1.69 bits per heavy atom. The number of ether oxygens (including phenoxy) is 1. The molecule has 2 heterocycles. The van der Waals surface area contributed by atoms with Gasteiger partial charge in [0.25, 0.3) is 0 Å². The van der Waals surface area contributed by atoms with Crippen LogP contribution in [0.3, 0.4) is 0 Å². The number of nitrogens with two attached hydrogens (primary N) is 1. The number of ketones is 1. The van der Waals surface area contributed by atoms with E-state index in [-0.39, 0.29) is 11.9 Å². The second-order valence-electron chi connectivity index (χ2n) is 9.49. The number of carboxylic acids is 1. The lowest BCUT2D eigenvalue weighted by Crippen LogP contribution is -2.53. The molecule has 3 N–H and O–H groups in total. The third-order valence-electron chi connectivity index (χ3n) is 6.35. The summed E-state index contributed by atoms with van der Waals surface area (Å²) in [6, 6.07) is 21.6. The molecule has 220 valence electrons. The van der Waals surface area contributed by atoms with Crippen molar-refractivity contribution in [2.24, 2.45) is 0 Å². The number of halogens is 4. The quantitative estimate of drug-likeness (QED) is 0.172. The summed E-state index contributed by atoms with van der Waals surface area (Å²) in [5.74, 6) is -1.85. The molecule has 1 aromatic heterocycles. The molecule has 3 aromatic carbocycles. The van der Waals surface area contributed by atoms with E-state index in [1.165, 1.54) is 0 Å². The summed E-state index contributed by atoms with van der Waals surface area (Å²) < 4.78 is 43.5. The lowest BCUT2D eigenvalue weighted by Gasteiger charge is -2.38. The highest BCUT2D eigenvalue weighted by molar-refractivity contribution is 6.33. The molecule has 12 heteroatoms. The fourth-order valence-corrected chi connectivity index (χ4v) is 4.51. The summed E-state index contributed by atoms with van der Waals surface area (Å²) in [6.07, 6.45) is -3.76. The Balaban J connectivity index is 0.000000517. The van der Waals surface area contributed by atoms with Crippen molar-refractivity contribution < 1.29 is 37.1 Å². The molecule has 0 atom stereocenters. The van der Waals surface area contributed by atoms with E-state index in [1.807, 2.05) is 30.3 Å². The summed E-state index contributed by atoms with van der Waals surface area (Å²) >= 11 is 6.45. The molecule has 0 radical (unpaired) electrons. The predicted octanol–water partition coefficient (Wildman–Crippen LogP) is 6.58. The van der Waals surface area contributed by atoms with Crippen molar-refractivity contribution >= 4 is 29.0 Å². The molecule has 1 aliphatic heterocycles. The normalized spacial score (nSPS) is 13.5. The van der Waals surface area contributed by atoms with Crippen molar-refractivity contribution in [1.29, 1.82) is 0 Å². The van der Waals surface area contributed by atoms with Gasteiger partial charge in [-0.25, -0.2) is 4.79 Å². The van der Waals surface area contributed by atoms with Gasteiger partial charge in [0.15, 0.2) is 11.5 Å². The summed E-state index contributed by atoms with van der Waals surface area (Å²) in [5, 5.41) is 11.9. The minimum Gasteiger partial charge on any atom is -0.488 e. The second kappa shape index (κ2) is 13.1.